The molecule has 0 heterocycles. The second-order valence-electron chi connectivity index (χ2n) is 4.15. The lowest BCUT2D eigenvalue weighted by Gasteiger charge is -2.06. The molecule has 0 aliphatic heterocycles. The van der Waals surface area contributed by atoms with Crippen molar-refractivity contribution in [2.75, 3.05) is 6.16 Å². The Hall–Kier alpha value is -2.04. The highest BCUT2D eigenvalue weighted by atomic mass is 31.2. The molecule has 1 atom stereocenters. The summed E-state index contributed by atoms with van der Waals surface area (Å²) in [5, 5.41) is 32.4. The lowest BCUT2D eigenvalue weighted by Crippen LogP contribution is -2.26. The predicted molar refractivity (Wildman–Crippen MR) is 86.9 cm³/mol. The molecule has 0 aromatic rings. The summed E-state index contributed by atoms with van der Waals surface area (Å²) in [4.78, 5) is 15.9. The van der Waals surface area contributed by atoms with Gasteiger partial charge in [-0.3, -0.25) is 4.57 Å². The van der Waals surface area contributed by atoms with Gasteiger partial charge in [0.15, 0.2) is 0 Å². The van der Waals surface area contributed by atoms with E-state index in [0.29, 0.717) is 6.42 Å². The van der Waals surface area contributed by atoms with Gasteiger partial charge in [-0.25, -0.2) is 0 Å². The number of nitrogens with zero attached hydrogens (tertiary/aromatic N) is 3. The Balaban J connectivity index is -0.000000284. The van der Waals surface area contributed by atoms with Crippen LogP contribution in [0.25, 0.3) is 0 Å². The van der Waals surface area contributed by atoms with Crippen LogP contribution in [0, 0.1) is 5.92 Å². The van der Waals surface area contributed by atoms with E-state index in [1.54, 1.807) is 6.92 Å². The molecule has 138 valence electrons. The topological polar surface area (TPSA) is 233 Å². The zero-order valence-corrected chi connectivity index (χ0v) is 14.3. The number of hydrogen-bond acceptors (Lipinski definition) is 7. The van der Waals surface area contributed by atoms with E-state index in [1.165, 1.54) is 6.92 Å². The van der Waals surface area contributed by atoms with Crippen LogP contribution in [-0.4, -0.2) is 49.1 Å². The van der Waals surface area contributed by atoms with Crippen LogP contribution in [0.4, 0.5) is 0 Å². The SMILES string of the molecule is CC(C/C(N)=N\O)/C(N)=N/O.CC/C(N)=N/O.CCP(=O)(O)O. The van der Waals surface area contributed by atoms with Crippen molar-refractivity contribution >= 4 is 25.1 Å². The molecule has 0 radical (unpaired) electrons. The van der Waals surface area contributed by atoms with Gasteiger partial charge >= 0.3 is 7.60 Å². The first-order valence-electron chi connectivity index (χ1n) is 6.43. The van der Waals surface area contributed by atoms with Gasteiger partial charge < -0.3 is 42.6 Å². The number of hydrogen-bond donors (Lipinski definition) is 8. The van der Waals surface area contributed by atoms with Gasteiger partial charge in [0.1, 0.15) is 17.5 Å². The molecule has 0 saturated heterocycles. The molecule has 0 aromatic heterocycles. The van der Waals surface area contributed by atoms with Gasteiger partial charge in [-0.1, -0.05) is 36.2 Å². The van der Waals surface area contributed by atoms with Crippen LogP contribution in [0.2, 0.25) is 0 Å². The average Bonchev–Trinajstić information content (AvgIpc) is 2.53. The zero-order chi connectivity index (χ0) is 19.1. The van der Waals surface area contributed by atoms with E-state index in [9.17, 15) is 4.57 Å². The van der Waals surface area contributed by atoms with Crippen LogP contribution >= 0.6 is 7.60 Å². The van der Waals surface area contributed by atoms with Crippen LogP contribution in [-0.2, 0) is 4.57 Å². The number of oxime groups is 3. The van der Waals surface area contributed by atoms with Crippen LogP contribution in [0.1, 0.15) is 33.6 Å². The first-order chi connectivity index (χ1) is 10.5. The molecule has 0 rings (SSSR count). The molecule has 0 spiro atoms. The van der Waals surface area contributed by atoms with Crippen molar-refractivity contribution in [1.29, 1.82) is 0 Å². The fourth-order valence-electron chi connectivity index (χ4n) is 0.628. The van der Waals surface area contributed by atoms with E-state index in [1.807, 2.05) is 6.92 Å². The fraction of sp³-hybridized carbons (Fsp3) is 0.700. The molecule has 0 aliphatic carbocycles. The normalized spacial score (nSPS) is 14.0. The van der Waals surface area contributed by atoms with E-state index in [4.69, 9.17) is 42.6 Å². The van der Waals surface area contributed by atoms with Gasteiger partial charge in [0, 0.05) is 24.9 Å². The van der Waals surface area contributed by atoms with Crippen molar-refractivity contribution in [1.82, 2.24) is 0 Å². The maximum Gasteiger partial charge on any atom is 0.325 e. The second-order valence-corrected chi connectivity index (χ2v) is 6.11. The molecule has 1 unspecified atom stereocenters. The quantitative estimate of drug-likeness (QED) is 0.107. The van der Waals surface area contributed by atoms with Gasteiger partial charge in [-0.05, 0) is 0 Å². The first kappa shape index (κ1) is 25.9. The van der Waals surface area contributed by atoms with Crippen molar-refractivity contribution in [3.63, 3.8) is 0 Å². The van der Waals surface area contributed by atoms with Gasteiger partial charge in [0.25, 0.3) is 0 Å². The van der Waals surface area contributed by atoms with Gasteiger partial charge in [-0.2, -0.15) is 0 Å². The standard InChI is InChI=1S/C5H12N4O2.C3H8N2O.C2H7O3P/c1-3(5(7)9-11)2-4(6)8-10;1-2-3(4)5-6;1-2-6(3,4)5/h3,10-11H,2H2,1H3,(H2,6,8)(H2,7,9);6H,2H2,1H3,(H2,4,5);2H2,1H3,(H2,3,4,5). The summed E-state index contributed by atoms with van der Waals surface area (Å²) in [6, 6.07) is 0. The lowest BCUT2D eigenvalue weighted by molar-refractivity contribution is 0.312. The van der Waals surface area contributed by atoms with Crippen molar-refractivity contribution in [2.45, 2.75) is 33.6 Å². The molecule has 11 N–H and O–H groups in total. The Morgan fingerprint density at radius 1 is 1.00 bits per heavy atom. The van der Waals surface area contributed by atoms with E-state index < -0.39 is 7.60 Å². The number of nitrogens with two attached hydrogens (primary N) is 3. The van der Waals surface area contributed by atoms with Gasteiger partial charge in [-0.15, -0.1) is 0 Å². The van der Waals surface area contributed by atoms with Crippen LogP contribution in [0.15, 0.2) is 15.5 Å². The molecule has 0 saturated carbocycles. The summed E-state index contributed by atoms with van der Waals surface area (Å²) in [6.45, 7) is 4.96. The molecule has 13 heteroatoms. The summed E-state index contributed by atoms with van der Waals surface area (Å²) in [5.74, 6) is 0.173. The molecule has 0 aliphatic rings. The monoisotopic (exact) mass is 358 g/mol. The first-order valence-corrected chi connectivity index (χ1v) is 8.23. The minimum absolute atomic E-state index is 0.0594. The molecular formula is C10H27N6O6P. The largest absolute Gasteiger partial charge is 0.409 e. The van der Waals surface area contributed by atoms with Crippen molar-refractivity contribution in [3.8, 4) is 0 Å². The fourth-order valence-corrected chi connectivity index (χ4v) is 0.628. The Morgan fingerprint density at radius 2 is 1.39 bits per heavy atom. The predicted octanol–water partition coefficient (Wildman–Crippen LogP) is -0.168. The Kier molecular flexibility index (Phi) is 16.7. The Labute approximate surface area is 134 Å². The average molecular weight is 358 g/mol. The Morgan fingerprint density at radius 3 is 1.57 bits per heavy atom. The summed E-state index contributed by atoms with van der Waals surface area (Å²) in [7, 11) is -3.65. The minimum atomic E-state index is -3.65. The summed E-state index contributed by atoms with van der Waals surface area (Å²) < 4.78 is 9.69. The van der Waals surface area contributed by atoms with E-state index in [0.717, 1.165) is 0 Å². The number of amidine groups is 3. The van der Waals surface area contributed by atoms with Crippen molar-refractivity contribution < 1.29 is 30.0 Å². The highest BCUT2D eigenvalue weighted by Crippen LogP contribution is 2.32. The smallest absolute Gasteiger partial charge is 0.325 e. The molecule has 0 amide bonds. The van der Waals surface area contributed by atoms with E-state index in [2.05, 4.69) is 15.5 Å². The summed E-state index contributed by atoms with van der Waals surface area (Å²) in [5.41, 5.74) is 15.4. The molecule has 12 nitrogen and oxygen atoms in total. The highest BCUT2D eigenvalue weighted by Gasteiger charge is 2.09. The van der Waals surface area contributed by atoms with Crippen molar-refractivity contribution in [2.24, 2.45) is 38.6 Å². The van der Waals surface area contributed by atoms with Gasteiger partial charge in [0.05, 0.1) is 0 Å². The van der Waals surface area contributed by atoms with Crippen molar-refractivity contribution in [3.05, 3.63) is 0 Å². The van der Waals surface area contributed by atoms with Crippen LogP contribution in [0.3, 0.4) is 0 Å². The van der Waals surface area contributed by atoms with E-state index >= 15 is 0 Å². The summed E-state index contributed by atoms with van der Waals surface area (Å²) >= 11 is 0. The third kappa shape index (κ3) is 22.4. The third-order valence-electron chi connectivity index (χ3n) is 2.17. The molecule has 23 heavy (non-hydrogen) atoms. The highest BCUT2D eigenvalue weighted by molar-refractivity contribution is 7.51. The van der Waals surface area contributed by atoms with Crippen LogP contribution in [0.5, 0.6) is 0 Å². The number of rotatable bonds is 5. The second kappa shape index (κ2) is 14.9. The maximum atomic E-state index is 9.69. The van der Waals surface area contributed by atoms with Crippen LogP contribution < -0.4 is 17.2 Å². The van der Waals surface area contributed by atoms with E-state index in [-0.39, 0.29) is 36.0 Å². The molecule has 0 aromatic carbocycles. The third-order valence-corrected chi connectivity index (χ3v) is 2.99. The summed E-state index contributed by atoms with van der Waals surface area (Å²) in [6.07, 6.45) is 0.815. The zero-order valence-electron chi connectivity index (χ0n) is 13.4. The molecular weight excluding hydrogens is 331 g/mol. The lowest BCUT2D eigenvalue weighted by atomic mass is 10.1. The van der Waals surface area contributed by atoms with Gasteiger partial charge in [0.2, 0.25) is 0 Å². The molecule has 0 fully saturated rings. The maximum absolute atomic E-state index is 9.69. The Bertz CT molecular complexity index is 436. The minimum Gasteiger partial charge on any atom is -0.409 e. The molecule has 0 bridgehead atoms.